The number of carbonyl (C=O) groups is 2. The average Bonchev–Trinajstić information content (AvgIpc) is 2.74. The number of likely N-dealkylation sites (tertiary alicyclic amines) is 1. The Labute approximate surface area is 167 Å². The Bertz CT molecular complexity index is 786. The Hall–Kier alpha value is -2.62. The monoisotopic (exact) mass is 378 g/mol. The van der Waals surface area contributed by atoms with E-state index in [2.05, 4.69) is 43.4 Å². The van der Waals surface area contributed by atoms with Gasteiger partial charge in [-0.3, -0.25) is 9.59 Å². The lowest BCUT2D eigenvalue weighted by atomic mass is 9.90. The van der Waals surface area contributed by atoms with E-state index in [1.165, 1.54) is 5.56 Å². The summed E-state index contributed by atoms with van der Waals surface area (Å²) in [6, 6.07) is 16.5. The van der Waals surface area contributed by atoms with Gasteiger partial charge < -0.3 is 10.2 Å². The molecule has 0 aliphatic carbocycles. The van der Waals surface area contributed by atoms with Gasteiger partial charge in [-0.15, -0.1) is 0 Å². The predicted octanol–water partition coefficient (Wildman–Crippen LogP) is 4.23. The average molecular weight is 379 g/mol. The van der Waals surface area contributed by atoms with Gasteiger partial charge >= 0.3 is 11.8 Å². The number of carbonyl (C=O) groups excluding carboxylic acids is 2. The minimum Gasteiger partial charge on any atom is -0.334 e. The molecule has 3 rings (SSSR count). The van der Waals surface area contributed by atoms with Crippen LogP contribution in [0.2, 0.25) is 0 Å². The summed E-state index contributed by atoms with van der Waals surface area (Å²) in [6.07, 6.45) is 4.57. The number of para-hydroxylation sites is 1. The third kappa shape index (κ3) is 4.80. The van der Waals surface area contributed by atoms with E-state index in [4.69, 9.17) is 0 Å². The standard InChI is InChI=1S/C24H30N2O2/c1-3-20-11-8-12-21(4-2)22(20)25-23(27)24(28)26-15-13-19(14-16-26)17-18-9-6-5-7-10-18/h5-12,19H,3-4,13-17H2,1-2H3,(H,25,27). The SMILES string of the molecule is CCc1cccc(CC)c1NC(=O)C(=O)N1CCC(Cc2ccccc2)CC1. The Morgan fingerprint density at radius 3 is 2.11 bits per heavy atom. The van der Waals surface area contributed by atoms with Crippen molar-refractivity contribution in [2.75, 3.05) is 18.4 Å². The van der Waals surface area contributed by atoms with Crippen molar-refractivity contribution >= 4 is 17.5 Å². The highest BCUT2D eigenvalue weighted by molar-refractivity contribution is 6.39. The molecule has 1 saturated heterocycles. The van der Waals surface area contributed by atoms with E-state index in [0.717, 1.165) is 48.9 Å². The maximum absolute atomic E-state index is 12.7. The molecule has 0 aromatic heterocycles. The zero-order valence-corrected chi connectivity index (χ0v) is 16.9. The Kier molecular flexibility index (Phi) is 6.85. The highest BCUT2D eigenvalue weighted by atomic mass is 16.2. The van der Waals surface area contributed by atoms with Gasteiger partial charge in [-0.05, 0) is 54.7 Å². The fraction of sp³-hybridized carbons (Fsp3) is 0.417. The van der Waals surface area contributed by atoms with E-state index in [0.29, 0.717) is 19.0 Å². The van der Waals surface area contributed by atoms with Crippen LogP contribution in [-0.2, 0) is 28.9 Å². The van der Waals surface area contributed by atoms with Crippen LogP contribution in [0.3, 0.4) is 0 Å². The van der Waals surface area contributed by atoms with Crippen LogP contribution in [0.15, 0.2) is 48.5 Å². The van der Waals surface area contributed by atoms with Gasteiger partial charge in [-0.25, -0.2) is 0 Å². The largest absolute Gasteiger partial charge is 0.334 e. The molecule has 1 fully saturated rings. The molecule has 2 aromatic carbocycles. The van der Waals surface area contributed by atoms with Crippen LogP contribution >= 0.6 is 0 Å². The molecule has 1 heterocycles. The first-order valence-electron chi connectivity index (χ1n) is 10.4. The molecule has 0 atom stereocenters. The lowest BCUT2D eigenvalue weighted by Crippen LogP contribution is -2.44. The number of aryl methyl sites for hydroxylation is 2. The summed E-state index contributed by atoms with van der Waals surface area (Å²) in [7, 11) is 0. The molecule has 2 aromatic rings. The summed E-state index contributed by atoms with van der Waals surface area (Å²) in [5, 5.41) is 2.90. The van der Waals surface area contributed by atoms with Gasteiger partial charge in [0, 0.05) is 18.8 Å². The number of nitrogens with zero attached hydrogens (tertiary/aromatic N) is 1. The molecule has 4 heteroatoms. The van der Waals surface area contributed by atoms with Gasteiger partial charge in [-0.2, -0.15) is 0 Å². The van der Waals surface area contributed by atoms with Crippen LogP contribution in [0.25, 0.3) is 0 Å². The van der Waals surface area contributed by atoms with Crippen LogP contribution in [0.5, 0.6) is 0 Å². The maximum Gasteiger partial charge on any atom is 0.313 e. The molecule has 0 saturated carbocycles. The van der Waals surface area contributed by atoms with Crippen LogP contribution < -0.4 is 5.32 Å². The Morgan fingerprint density at radius 2 is 1.54 bits per heavy atom. The van der Waals surface area contributed by atoms with E-state index in [-0.39, 0.29) is 0 Å². The number of amides is 2. The van der Waals surface area contributed by atoms with E-state index in [9.17, 15) is 9.59 Å². The minimum absolute atomic E-state index is 0.411. The maximum atomic E-state index is 12.7. The summed E-state index contributed by atoms with van der Waals surface area (Å²) in [5.74, 6) is -0.356. The topological polar surface area (TPSA) is 49.4 Å². The number of piperidine rings is 1. The number of hydrogen-bond acceptors (Lipinski definition) is 2. The van der Waals surface area contributed by atoms with Gasteiger partial charge in [0.25, 0.3) is 0 Å². The minimum atomic E-state index is -0.517. The van der Waals surface area contributed by atoms with Crippen LogP contribution in [0, 0.1) is 5.92 Å². The normalized spacial score (nSPS) is 14.7. The smallest absolute Gasteiger partial charge is 0.313 e. The highest BCUT2D eigenvalue weighted by Crippen LogP contribution is 2.24. The molecule has 1 N–H and O–H groups in total. The molecule has 1 aliphatic rings. The van der Waals surface area contributed by atoms with Gasteiger partial charge in [0.15, 0.2) is 0 Å². The first-order valence-corrected chi connectivity index (χ1v) is 10.4. The molecule has 0 spiro atoms. The van der Waals surface area contributed by atoms with Gasteiger partial charge in [0.1, 0.15) is 0 Å². The molecule has 0 bridgehead atoms. The summed E-state index contributed by atoms with van der Waals surface area (Å²) < 4.78 is 0. The summed E-state index contributed by atoms with van der Waals surface area (Å²) in [6.45, 7) is 5.42. The van der Waals surface area contributed by atoms with Gasteiger partial charge in [0.2, 0.25) is 0 Å². The van der Waals surface area contributed by atoms with Crippen molar-refractivity contribution in [3.05, 3.63) is 65.2 Å². The number of benzene rings is 2. The van der Waals surface area contributed by atoms with E-state index < -0.39 is 11.8 Å². The third-order valence-electron chi connectivity index (χ3n) is 5.70. The molecule has 1 aliphatic heterocycles. The zero-order valence-electron chi connectivity index (χ0n) is 16.9. The molecule has 148 valence electrons. The Morgan fingerprint density at radius 1 is 0.929 bits per heavy atom. The molecule has 2 amide bonds. The number of nitrogens with one attached hydrogen (secondary N) is 1. The van der Waals surface area contributed by atoms with Gasteiger partial charge in [-0.1, -0.05) is 62.4 Å². The zero-order chi connectivity index (χ0) is 19.9. The predicted molar refractivity (Wildman–Crippen MR) is 113 cm³/mol. The van der Waals surface area contributed by atoms with Crippen LogP contribution in [0.1, 0.15) is 43.4 Å². The molecule has 4 nitrogen and oxygen atoms in total. The fourth-order valence-corrected chi connectivity index (χ4v) is 4.00. The summed E-state index contributed by atoms with van der Waals surface area (Å²) in [5.41, 5.74) is 4.29. The van der Waals surface area contributed by atoms with E-state index >= 15 is 0 Å². The summed E-state index contributed by atoms with van der Waals surface area (Å²) in [4.78, 5) is 27.0. The summed E-state index contributed by atoms with van der Waals surface area (Å²) >= 11 is 0. The fourth-order valence-electron chi connectivity index (χ4n) is 4.00. The lowest BCUT2D eigenvalue weighted by Gasteiger charge is -2.31. The number of anilines is 1. The van der Waals surface area contributed by atoms with Crippen molar-refractivity contribution in [1.29, 1.82) is 0 Å². The van der Waals surface area contributed by atoms with Crippen molar-refractivity contribution in [2.24, 2.45) is 5.92 Å². The number of hydrogen-bond donors (Lipinski definition) is 1. The van der Waals surface area contributed by atoms with Crippen LogP contribution in [0.4, 0.5) is 5.69 Å². The van der Waals surface area contributed by atoms with Crippen molar-refractivity contribution in [3.63, 3.8) is 0 Å². The van der Waals surface area contributed by atoms with E-state index in [1.54, 1.807) is 4.90 Å². The number of rotatable bonds is 5. The second-order valence-electron chi connectivity index (χ2n) is 7.54. The molecular weight excluding hydrogens is 348 g/mol. The first-order chi connectivity index (χ1) is 13.6. The molecule has 0 radical (unpaired) electrons. The van der Waals surface area contributed by atoms with Crippen molar-refractivity contribution in [1.82, 2.24) is 4.90 Å². The first kappa shape index (κ1) is 20.1. The molecule has 28 heavy (non-hydrogen) atoms. The highest BCUT2D eigenvalue weighted by Gasteiger charge is 2.27. The molecular formula is C24H30N2O2. The van der Waals surface area contributed by atoms with Crippen molar-refractivity contribution in [2.45, 2.75) is 46.0 Å². The van der Waals surface area contributed by atoms with Crippen molar-refractivity contribution in [3.8, 4) is 0 Å². The Balaban J connectivity index is 1.57. The second kappa shape index (κ2) is 9.54. The second-order valence-corrected chi connectivity index (χ2v) is 7.54. The van der Waals surface area contributed by atoms with E-state index in [1.807, 2.05) is 24.3 Å². The molecule has 0 unspecified atom stereocenters. The van der Waals surface area contributed by atoms with Gasteiger partial charge in [0.05, 0.1) is 0 Å². The lowest BCUT2D eigenvalue weighted by molar-refractivity contribution is -0.144. The quantitative estimate of drug-likeness (QED) is 0.792. The third-order valence-corrected chi connectivity index (χ3v) is 5.70. The van der Waals surface area contributed by atoms with Crippen molar-refractivity contribution < 1.29 is 9.59 Å². The van der Waals surface area contributed by atoms with Crippen LogP contribution in [-0.4, -0.2) is 29.8 Å².